The lowest BCUT2D eigenvalue weighted by Gasteiger charge is -2.12. The molecule has 2 aromatic heterocycles. The molecule has 0 radical (unpaired) electrons. The lowest BCUT2D eigenvalue weighted by atomic mass is 10.1. The number of carbonyl (C=O) groups excluding carboxylic acids is 1. The van der Waals surface area contributed by atoms with Gasteiger partial charge in [-0.15, -0.1) is 11.3 Å². The third-order valence-corrected chi connectivity index (χ3v) is 6.19. The smallest absolute Gasteiger partial charge is 0.236 e. The van der Waals surface area contributed by atoms with Crippen LogP contribution in [0.4, 0.5) is 9.52 Å². The molecule has 0 aliphatic rings. The topological polar surface area (TPSA) is 59.8 Å². The molecule has 8 heteroatoms. The average molecular weight is 439 g/mol. The normalized spacial score (nSPS) is 10.9. The molecule has 0 saturated heterocycles. The van der Waals surface area contributed by atoms with Crippen LogP contribution in [-0.4, -0.2) is 26.2 Å². The van der Waals surface area contributed by atoms with Gasteiger partial charge in [-0.2, -0.15) is 0 Å². The maximum atomic E-state index is 13.5. The first-order valence-corrected chi connectivity index (χ1v) is 11.1. The standard InChI is InChI=1S/C22H19FN4OS2/c1-14-3-5-16(6-4-14)19-11-24-22(27(19)18-9-7-17(23)8-10-18)30-13-20(28)26-21-25-15(2)12-29-21/h3-12H,13H2,1-2H3,(H,25,26,28). The van der Waals surface area contributed by atoms with Crippen LogP contribution in [0, 0.1) is 19.7 Å². The molecular weight excluding hydrogens is 419 g/mol. The second-order valence-electron chi connectivity index (χ2n) is 6.73. The number of amides is 1. The fraction of sp³-hybridized carbons (Fsp3) is 0.136. The van der Waals surface area contributed by atoms with Crippen molar-refractivity contribution in [3.05, 3.63) is 77.2 Å². The van der Waals surface area contributed by atoms with Gasteiger partial charge in [0.05, 0.1) is 23.3 Å². The molecule has 30 heavy (non-hydrogen) atoms. The predicted molar refractivity (Wildman–Crippen MR) is 120 cm³/mol. The lowest BCUT2D eigenvalue weighted by molar-refractivity contribution is -0.113. The van der Waals surface area contributed by atoms with E-state index in [4.69, 9.17) is 0 Å². The van der Waals surface area contributed by atoms with Crippen LogP contribution in [0.1, 0.15) is 11.3 Å². The summed E-state index contributed by atoms with van der Waals surface area (Å²) in [4.78, 5) is 21.1. The minimum atomic E-state index is -0.303. The summed E-state index contributed by atoms with van der Waals surface area (Å²) in [6.07, 6.45) is 1.78. The minimum absolute atomic E-state index is 0.153. The molecule has 0 atom stereocenters. The van der Waals surface area contributed by atoms with E-state index in [1.54, 1.807) is 18.3 Å². The van der Waals surface area contributed by atoms with Crippen molar-refractivity contribution in [3.63, 3.8) is 0 Å². The van der Waals surface area contributed by atoms with E-state index in [2.05, 4.69) is 15.3 Å². The van der Waals surface area contributed by atoms with E-state index in [-0.39, 0.29) is 17.5 Å². The summed E-state index contributed by atoms with van der Waals surface area (Å²) in [5.74, 6) is -0.271. The van der Waals surface area contributed by atoms with Gasteiger partial charge in [0, 0.05) is 16.6 Å². The molecule has 0 saturated carbocycles. The zero-order valence-electron chi connectivity index (χ0n) is 16.4. The summed E-state index contributed by atoms with van der Waals surface area (Å²) in [5.41, 5.74) is 4.68. The van der Waals surface area contributed by atoms with E-state index in [9.17, 15) is 9.18 Å². The number of thioether (sulfide) groups is 1. The Bertz CT molecular complexity index is 1170. The van der Waals surface area contributed by atoms with Crippen molar-refractivity contribution in [2.24, 2.45) is 0 Å². The van der Waals surface area contributed by atoms with Gasteiger partial charge < -0.3 is 5.32 Å². The van der Waals surface area contributed by atoms with Crippen LogP contribution in [-0.2, 0) is 4.79 Å². The van der Waals surface area contributed by atoms with Crippen LogP contribution in [0.15, 0.2) is 65.3 Å². The average Bonchev–Trinajstić information content (AvgIpc) is 3.34. The fourth-order valence-corrected chi connectivity index (χ4v) is 4.40. The molecule has 0 aliphatic heterocycles. The monoisotopic (exact) mass is 438 g/mol. The summed E-state index contributed by atoms with van der Waals surface area (Å²) in [5, 5.41) is 5.93. The molecule has 0 unspecified atom stereocenters. The fourth-order valence-electron chi connectivity index (χ4n) is 2.90. The van der Waals surface area contributed by atoms with Crippen molar-refractivity contribution >= 4 is 34.1 Å². The van der Waals surface area contributed by atoms with Gasteiger partial charge in [-0.25, -0.2) is 14.4 Å². The van der Waals surface area contributed by atoms with Gasteiger partial charge in [0.1, 0.15) is 5.82 Å². The van der Waals surface area contributed by atoms with Crippen molar-refractivity contribution in [2.45, 2.75) is 19.0 Å². The zero-order chi connectivity index (χ0) is 21.1. The Morgan fingerprint density at radius 3 is 2.53 bits per heavy atom. The number of imidazole rings is 1. The number of hydrogen-bond donors (Lipinski definition) is 1. The number of benzene rings is 2. The van der Waals surface area contributed by atoms with Crippen LogP contribution in [0.3, 0.4) is 0 Å². The molecule has 2 aromatic carbocycles. The summed E-state index contributed by atoms with van der Waals surface area (Å²) >= 11 is 2.72. The third kappa shape index (κ3) is 4.60. The maximum Gasteiger partial charge on any atom is 0.236 e. The van der Waals surface area contributed by atoms with Gasteiger partial charge in [0.25, 0.3) is 0 Å². The Balaban J connectivity index is 1.61. The number of halogens is 1. The van der Waals surface area contributed by atoms with Gasteiger partial charge >= 0.3 is 0 Å². The van der Waals surface area contributed by atoms with Gasteiger partial charge in [0.2, 0.25) is 5.91 Å². The molecule has 5 nitrogen and oxygen atoms in total. The van der Waals surface area contributed by atoms with Crippen molar-refractivity contribution < 1.29 is 9.18 Å². The van der Waals surface area contributed by atoms with Crippen LogP contribution < -0.4 is 5.32 Å². The zero-order valence-corrected chi connectivity index (χ0v) is 18.1. The SMILES string of the molecule is Cc1ccc(-c2cnc(SCC(=O)Nc3nc(C)cs3)n2-c2ccc(F)cc2)cc1. The van der Waals surface area contributed by atoms with E-state index in [1.165, 1.54) is 35.2 Å². The Kier molecular flexibility index (Phi) is 5.96. The van der Waals surface area contributed by atoms with E-state index in [1.807, 2.05) is 48.1 Å². The van der Waals surface area contributed by atoms with Gasteiger partial charge in [0.15, 0.2) is 10.3 Å². The summed E-state index contributed by atoms with van der Waals surface area (Å²) in [6, 6.07) is 14.4. The molecule has 0 fully saturated rings. The molecule has 1 N–H and O–H groups in total. The van der Waals surface area contributed by atoms with Crippen molar-refractivity contribution in [1.82, 2.24) is 14.5 Å². The number of nitrogens with one attached hydrogen (secondary N) is 1. The molecule has 0 aliphatic carbocycles. The van der Waals surface area contributed by atoms with E-state index in [0.29, 0.717) is 10.3 Å². The molecule has 0 spiro atoms. The highest BCUT2D eigenvalue weighted by Crippen LogP contribution is 2.30. The number of aromatic nitrogens is 3. The predicted octanol–water partition coefficient (Wildman–Crippen LogP) is 5.48. The van der Waals surface area contributed by atoms with Gasteiger partial charge in [-0.1, -0.05) is 41.6 Å². The van der Waals surface area contributed by atoms with Crippen LogP contribution in [0.2, 0.25) is 0 Å². The summed E-state index contributed by atoms with van der Waals surface area (Å²) in [6.45, 7) is 3.91. The number of rotatable bonds is 6. The second-order valence-corrected chi connectivity index (χ2v) is 8.54. The Hall–Kier alpha value is -2.97. The van der Waals surface area contributed by atoms with Gasteiger partial charge in [-0.05, 0) is 38.1 Å². The molecule has 2 heterocycles. The van der Waals surface area contributed by atoms with E-state index >= 15 is 0 Å². The number of anilines is 1. The molecule has 4 aromatic rings. The van der Waals surface area contributed by atoms with Crippen LogP contribution >= 0.6 is 23.1 Å². The number of aryl methyl sites for hydroxylation is 2. The maximum absolute atomic E-state index is 13.5. The van der Waals surface area contributed by atoms with Crippen LogP contribution in [0.5, 0.6) is 0 Å². The Morgan fingerprint density at radius 1 is 1.13 bits per heavy atom. The summed E-state index contributed by atoms with van der Waals surface area (Å²) in [7, 11) is 0. The molecular formula is C22H19FN4OS2. The highest BCUT2D eigenvalue weighted by molar-refractivity contribution is 7.99. The van der Waals surface area contributed by atoms with Crippen LogP contribution in [0.25, 0.3) is 16.9 Å². The molecule has 152 valence electrons. The highest BCUT2D eigenvalue weighted by atomic mass is 32.2. The van der Waals surface area contributed by atoms with Gasteiger partial charge in [-0.3, -0.25) is 9.36 Å². The molecule has 4 rings (SSSR count). The largest absolute Gasteiger partial charge is 0.301 e. The summed E-state index contributed by atoms with van der Waals surface area (Å²) < 4.78 is 15.4. The first-order chi connectivity index (χ1) is 14.5. The third-order valence-electron chi connectivity index (χ3n) is 4.36. The van der Waals surface area contributed by atoms with E-state index < -0.39 is 0 Å². The molecule has 0 bridgehead atoms. The van der Waals surface area contributed by atoms with E-state index in [0.717, 1.165) is 28.2 Å². The lowest BCUT2D eigenvalue weighted by Crippen LogP contribution is -2.14. The Labute approximate surface area is 182 Å². The first kappa shape index (κ1) is 20.3. The number of carbonyl (C=O) groups is 1. The van der Waals surface area contributed by atoms with Crippen molar-refractivity contribution in [2.75, 3.05) is 11.1 Å². The van der Waals surface area contributed by atoms with Crippen molar-refractivity contribution in [1.29, 1.82) is 0 Å². The highest BCUT2D eigenvalue weighted by Gasteiger charge is 2.16. The molecule has 1 amide bonds. The Morgan fingerprint density at radius 2 is 1.87 bits per heavy atom. The van der Waals surface area contributed by atoms with Crippen molar-refractivity contribution in [3.8, 4) is 16.9 Å². The first-order valence-electron chi connectivity index (χ1n) is 9.25. The minimum Gasteiger partial charge on any atom is -0.301 e. The second kappa shape index (κ2) is 8.81. The number of hydrogen-bond acceptors (Lipinski definition) is 5. The number of nitrogens with zero attached hydrogens (tertiary/aromatic N) is 3. The number of thiazole rings is 1. The quantitative estimate of drug-likeness (QED) is 0.405.